The van der Waals surface area contributed by atoms with Gasteiger partial charge in [-0.05, 0) is 54.7 Å². The number of carboxylic acids is 1. The van der Waals surface area contributed by atoms with Crippen LogP contribution in [0.3, 0.4) is 0 Å². The molecule has 22 heteroatoms. The van der Waals surface area contributed by atoms with Crippen LogP contribution in [0, 0.1) is 17.6 Å². The number of anilines is 2. The zero-order valence-electron chi connectivity index (χ0n) is 36.2. The highest BCUT2D eigenvalue weighted by molar-refractivity contribution is 7.92. The molecular formula is C42H56F2N8O11S. The average Bonchev–Trinajstić information content (AvgIpc) is 3.73. The molecule has 6 N–H and O–H groups in total. The van der Waals surface area contributed by atoms with Crippen molar-refractivity contribution in [1.82, 2.24) is 25.5 Å². The van der Waals surface area contributed by atoms with Crippen molar-refractivity contribution in [2.45, 2.75) is 63.4 Å². The summed E-state index contributed by atoms with van der Waals surface area (Å²) < 4.78 is 67.7. The van der Waals surface area contributed by atoms with Gasteiger partial charge in [-0.25, -0.2) is 23.0 Å². The van der Waals surface area contributed by atoms with Crippen molar-refractivity contribution in [1.29, 1.82) is 0 Å². The number of hydrogen-bond acceptors (Lipinski definition) is 14. The zero-order valence-corrected chi connectivity index (χ0v) is 37.0. The van der Waals surface area contributed by atoms with Gasteiger partial charge in [0.15, 0.2) is 0 Å². The van der Waals surface area contributed by atoms with Gasteiger partial charge in [-0.1, -0.05) is 13.8 Å². The van der Waals surface area contributed by atoms with Crippen LogP contribution in [0.25, 0.3) is 11.1 Å². The monoisotopic (exact) mass is 918 g/mol. The van der Waals surface area contributed by atoms with Crippen LogP contribution >= 0.6 is 0 Å². The molecule has 1 aliphatic rings. The second-order valence-corrected chi connectivity index (χ2v) is 17.5. The van der Waals surface area contributed by atoms with Crippen molar-refractivity contribution < 1.29 is 61.0 Å². The molecule has 2 aromatic heterocycles. The third kappa shape index (κ3) is 15.8. The van der Waals surface area contributed by atoms with E-state index in [4.69, 9.17) is 24.7 Å². The van der Waals surface area contributed by atoms with Crippen LogP contribution in [0.4, 0.5) is 20.4 Å². The summed E-state index contributed by atoms with van der Waals surface area (Å²) in [5, 5.41) is 17.6. The molecule has 4 rings (SSSR count). The van der Waals surface area contributed by atoms with E-state index in [9.17, 15) is 42.1 Å². The van der Waals surface area contributed by atoms with E-state index in [0.717, 1.165) is 12.3 Å². The van der Waals surface area contributed by atoms with E-state index in [1.54, 1.807) is 26.0 Å². The number of halogens is 2. The molecule has 350 valence electrons. The predicted octanol–water partition coefficient (Wildman–Crippen LogP) is 2.79. The van der Waals surface area contributed by atoms with E-state index < -0.39 is 81.4 Å². The Morgan fingerprint density at radius 2 is 1.64 bits per heavy atom. The second kappa shape index (κ2) is 25.0. The Bertz CT molecular complexity index is 2230. The highest BCUT2D eigenvalue weighted by Crippen LogP contribution is 2.34. The maximum atomic E-state index is 14.9. The number of ether oxygens (including phenoxy) is 4. The second-order valence-electron chi connectivity index (χ2n) is 15.1. The van der Waals surface area contributed by atoms with Gasteiger partial charge in [0, 0.05) is 49.2 Å². The number of nitrogens with two attached hydrogens (primary N) is 1. The Morgan fingerprint density at radius 3 is 2.31 bits per heavy atom. The molecule has 1 saturated heterocycles. The van der Waals surface area contributed by atoms with Crippen molar-refractivity contribution in [2.24, 2.45) is 16.0 Å². The minimum atomic E-state index is -3.27. The van der Waals surface area contributed by atoms with E-state index in [2.05, 4.69) is 30.3 Å². The SMILES string of the molecule is COc1cc(F)ccc1-c1cc(Nc2cc(C[S@](C)(=O)=NC(=O)[C@@H](NC(=O)[C@@H]3CCCN3C(=O)[C@H](CC(=O)O)NC(=O)CCOCCOCCOCCN)C(C)C)ccn2)ncc1F. The van der Waals surface area contributed by atoms with Gasteiger partial charge < -0.3 is 50.6 Å². The van der Waals surface area contributed by atoms with Gasteiger partial charge in [-0.15, -0.1) is 0 Å². The molecule has 0 bridgehead atoms. The Labute approximate surface area is 370 Å². The van der Waals surface area contributed by atoms with Crippen molar-refractivity contribution in [3.05, 3.63) is 66.0 Å². The number of benzene rings is 1. The number of carbonyl (C=O) groups excluding carboxylic acids is 4. The summed E-state index contributed by atoms with van der Waals surface area (Å²) in [6.45, 7) is 5.40. The molecule has 0 unspecified atom stereocenters. The molecule has 4 amide bonds. The number of amides is 4. The van der Waals surface area contributed by atoms with E-state index in [1.807, 2.05) is 0 Å². The molecule has 0 saturated carbocycles. The van der Waals surface area contributed by atoms with Gasteiger partial charge in [-0.3, -0.25) is 24.0 Å². The standard InChI is InChI=1S/C42H56F2N8O11S/c1-26(2)39(50-40(56)33-6-5-13-52(33)42(58)32(23-38(54)55)48-37(53)10-14-61-16-18-63-19-17-62-15-11-45)41(57)51-64(4,59)25-27-9-12-46-35(20-27)49-36-22-30(31(44)24-47-36)29-8-7-28(43)21-34(29)60-3/h7-9,12,20-22,24,26,32-33,39H,5-6,10-11,13-19,23,25,45H2,1-4H3,(H,48,53)(H,50,56)(H,54,55)(H,46,47,49)/t32-,33-,39-,64-/m0/s1. The Kier molecular flexibility index (Phi) is 19.9. The number of pyridine rings is 2. The van der Waals surface area contributed by atoms with Crippen molar-refractivity contribution in [3.8, 4) is 16.9 Å². The number of rotatable bonds is 25. The minimum Gasteiger partial charge on any atom is -0.496 e. The van der Waals surface area contributed by atoms with Gasteiger partial charge in [0.2, 0.25) is 17.7 Å². The average molecular weight is 919 g/mol. The van der Waals surface area contributed by atoms with Crippen molar-refractivity contribution in [3.63, 3.8) is 0 Å². The number of carboxylic acid groups (broad SMARTS) is 1. The number of nitrogens with one attached hydrogen (secondary N) is 3. The zero-order chi connectivity index (χ0) is 46.8. The first-order valence-electron chi connectivity index (χ1n) is 20.5. The quantitative estimate of drug-likeness (QED) is 0.0766. The maximum absolute atomic E-state index is 14.9. The van der Waals surface area contributed by atoms with Gasteiger partial charge in [-0.2, -0.15) is 4.36 Å². The lowest BCUT2D eigenvalue weighted by Crippen LogP contribution is -2.56. The highest BCUT2D eigenvalue weighted by Gasteiger charge is 2.40. The molecule has 3 heterocycles. The lowest BCUT2D eigenvalue weighted by molar-refractivity contribution is -0.146. The fourth-order valence-corrected chi connectivity index (χ4v) is 8.01. The van der Waals surface area contributed by atoms with Crippen LogP contribution in [-0.2, 0) is 53.7 Å². The van der Waals surface area contributed by atoms with Crippen LogP contribution in [0.1, 0.15) is 45.1 Å². The number of nitrogens with zero attached hydrogens (tertiary/aromatic N) is 4. The number of hydrogen-bond donors (Lipinski definition) is 5. The summed E-state index contributed by atoms with van der Waals surface area (Å²) in [6, 6.07) is 4.41. The molecule has 3 aromatic rings. The highest BCUT2D eigenvalue weighted by atomic mass is 32.2. The topological polar surface area (TPSA) is 263 Å². The van der Waals surface area contributed by atoms with Crippen LogP contribution in [0.5, 0.6) is 5.75 Å². The first-order valence-corrected chi connectivity index (χ1v) is 22.6. The number of aromatic nitrogens is 2. The van der Waals surface area contributed by atoms with E-state index in [0.29, 0.717) is 43.9 Å². The lowest BCUT2D eigenvalue weighted by atomic mass is 10.0. The van der Waals surface area contributed by atoms with Gasteiger partial charge in [0.05, 0.1) is 74.9 Å². The molecule has 0 aliphatic carbocycles. The number of aliphatic carboxylic acids is 1. The summed E-state index contributed by atoms with van der Waals surface area (Å²) >= 11 is 0. The molecule has 0 spiro atoms. The minimum absolute atomic E-state index is 0.0180. The first-order chi connectivity index (χ1) is 30.5. The molecule has 19 nitrogen and oxygen atoms in total. The number of likely N-dealkylation sites (tertiary alicyclic amines) is 1. The fourth-order valence-electron chi connectivity index (χ4n) is 6.65. The van der Waals surface area contributed by atoms with E-state index in [1.165, 1.54) is 42.7 Å². The summed E-state index contributed by atoms with van der Waals surface area (Å²) in [6.07, 6.45) is 3.40. The summed E-state index contributed by atoms with van der Waals surface area (Å²) in [5.74, 6) is -5.72. The van der Waals surface area contributed by atoms with Crippen molar-refractivity contribution >= 4 is 51.0 Å². The molecule has 4 atom stereocenters. The normalized spacial score (nSPS) is 15.5. The summed E-state index contributed by atoms with van der Waals surface area (Å²) in [4.78, 5) is 74.9. The van der Waals surface area contributed by atoms with Crippen molar-refractivity contribution in [2.75, 3.05) is 71.4 Å². The van der Waals surface area contributed by atoms with Crippen LogP contribution in [0.2, 0.25) is 0 Å². The number of methoxy groups -OCH3 is 1. The van der Waals surface area contributed by atoms with Crippen LogP contribution < -0.4 is 26.4 Å². The molecule has 1 aliphatic heterocycles. The summed E-state index contributed by atoms with van der Waals surface area (Å²) in [7, 11) is -1.93. The Hall–Kier alpha value is -5.68. The molecule has 1 aromatic carbocycles. The predicted molar refractivity (Wildman–Crippen MR) is 231 cm³/mol. The van der Waals surface area contributed by atoms with Crippen LogP contribution in [-0.4, -0.2) is 138 Å². The molecule has 64 heavy (non-hydrogen) atoms. The first kappa shape index (κ1) is 51.0. The third-order valence-corrected chi connectivity index (χ3v) is 11.1. The van der Waals surface area contributed by atoms with Gasteiger partial charge in [0.25, 0.3) is 5.91 Å². The number of carbonyl (C=O) groups is 5. The maximum Gasteiger partial charge on any atom is 0.305 e. The molecule has 1 fully saturated rings. The molecular weight excluding hydrogens is 863 g/mol. The van der Waals surface area contributed by atoms with E-state index in [-0.39, 0.29) is 67.9 Å². The smallest absolute Gasteiger partial charge is 0.305 e. The van der Waals surface area contributed by atoms with Gasteiger partial charge in [0.1, 0.15) is 47.1 Å². The third-order valence-electron chi connectivity index (χ3n) is 9.67. The Balaban J connectivity index is 1.37. The summed E-state index contributed by atoms with van der Waals surface area (Å²) in [5.41, 5.74) is 6.19. The van der Waals surface area contributed by atoms with Gasteiger partial charge >= 0.3 is 5.97 Å². The molecule has 0 radical (unpaired) electrons. The van der Waals surface area contributed by atoms with E-state index >= 15 is 0 Å². The Morgan fingerprint density at radius 1 is 0.953 bits per heavy atom. The van der Waals surface area contributed by atoms with Crippen LogP contribution in [0.15, 0.2) is 53.2 Å². The fraction of sp³-hybridized carbons (Fsp3) is 0.500. The largest absolute Gasteiger partial charge is 0.496 e. The lowest BCUT2D eigenvalue weighted by Gasteiger charge is -2.29.